The lowest BCUT2D eigenvalue weighted by Gasteiger charge is -1.97. The zero-order valence-electron chi connectivity index (χ0n) is 8.70. The molecule has 3 heteroatoms. The van der Waals surface area contributed by atoms with Crippen LogP contribution in [0.1, 0.15) is 19.2 Å². The number of nitrogens with zero attached hydrogens (tertiary/aromatic N) is 2. The molecule has 1 aromatic carbocycles. The van der Waals surface area contributed by atoms with E-state index in [9.17, 15) is 0 Å². The van der Waals surface area contributed by atoms with E-state index in [0.29, 0.717) is 0 Å². The maximum absolute atomic E-state index is 8.67. The van der Waals surface area contributed by atoms with Crippen LogP contribution >= 0.6 is 0 Å². The second kappa shape index (κ2) is 4.14. The van der Waals surface area contributed by atoms with E-state index in [2.05, 4.69) is 16.0 Å². The minimum absolute atomic E-state index is 0.0956. The van der Waals surface area contributed by atoms with E-state index in [0.717, 1.165) is 29.7 Å². The van der Waals surface area contributed by atoms with E-state index in [4.69, 9.17) is 5.26 Å². The molecule has 3 nitrogen and oxygen atoms in total. The standard InChI is InChI=1S/C12H13N3/c1-9(8-13)6-7-12-14-10-4-2-3-5-11(10)15-12/h2-5,9H,6-7H2,1H3,(H,14,15). The van der Waals surface area contributed by atoms with Gasteiger partial charge in [-0.3, -0.25) is 0 Å². The lowest BCUT2D eigenvalue weighted by atomic mass is 10.1. The maximum atomic E-state index is 8.67. The smallest absolute Gasteiger partial charge is 0.107 e. The molecule has 2 rings (SSSR count). The molecule has 1 N–H and O–H groups in total. The topological polar surface area (TPSA) is 52.5 Å². The molecule has 0 aliphatic rings. The molecule has 0 aliphatic carbocycles. The minimum Gasteiger partial charge on any atom is -0.342 e. The zero-order valence-corrected chi connectivity index (χ0v) is 8.70. The average Bonchev–Trinajstić information content (AvgIpc) is 2.68. The first-order valence-electron chi connectivity index (χ1n) is 5.13. The number of nitrogens with one attached hydrogen (secondary N) is 1. The SMILES string of the molecule is CC(C#N)CCc1nc2ccccc2[nH]1. The number of benzene rings is 1. The van der Waals surface area contributed by atoms with Crippen molar-refractivity contribution in [2.24, 2.45) is 5.92 Å². The molecule has 1 unspecified atom stereocenters. The molecule has 1 aromatic heterocycles. The van der Waals surface area contributed by atoms with E-state index in [1.54, 1.807) is 0 Å². The highest BCUT2D eigenvalue weighted by molar-refractivity contribution is 5.74. The fourth-order valence-electron chi connectivity index (χ4n) is 1.54. The molecule has 0 bridgehead atoms. The molecule has 0 radical (unpaired) electrons. The first kappa shape index (κ1) is 9.72. The van der Waals surface area contributed by atoms with Gasteiger partial charge in [0.25, 0.3) is 0 Å². The molecule has 2 aromatic rings. The molecule has 0 amide bonds. The Morgan fingerprint density at radius 2 is 2.27 bits per heavy atom. The summed E-state index contributed by atoms with van der Waals surface area (Å²) < 4.78 is 0. The third-order valence-electron chi connectivity index (χ3n) is 2.47. The van der Waals surface area contributed by atoms with Crippen LogP contribution in [0.2, 0.25) is 0 Å². The van der Waals surface area contributed by atoms with Gasteiger partial charge in [-0.05, 0) is 25.5 Å². The Morgan fingerprint density at radius 3 is 3.00 bits per heavy atom. The molecule has 0 fully saturated rings. The van der Waals surface area contributed by atoms with E-state index in [1.165, 1.54) is 0 Å². The Labute approximate surface area is 88.8 Å². The van der Waals surface area contributed by atoms with Crippen LogP contribution < -0.4 is 0 Å². The number of para-hydroxylation sites is 2. The summed E-state index contributed by atoms with van der Waals surface area (Å²) in [5, 5.41) is 8.67. The number of hydrogen-bond donors (Lipinski definition) is 1. The number of aromatic amines is 1. The van der Waals surface area contributed by atoms with Crippen LogP contribution in [0.4, 0.5) is 0 Å². The van der Waals surface area contributed by atoms with E-state index in [1.807, 2.05) is 31.2 Å². The molecule has 0 aliphatic heterocycles. The minimum atomic E-state index is 0.0956. The average molecular weight is 199 g/mol. The zero-order chi connectivity index (χ0) is 10.7. The lowest BCUT2D eigenvalue weighted by Crippen LogP contribution is -1.95. The first-order valence-corrected chi connectivity index (χ1v) is 5.13. The maximum Gasteiger partial charge on any atom is 0.107 e. The Bertz CT molecular complexity index is 460. The second-order valence-corrected chi connectivity index (χ2v) is 3.77. The van der Waals surface area contributed by atoms with Crippen LogP contribution in [-0.4, -0.2) is 9.97 Å². The van der Waals surface area contributed by atoms with Crippen LogP contribution in [0.3, 0.4) is 0 Å². The summed E-state index contributed by atoms with van der Waals surface area (Å²) in [6, 6.07) is 10.2. The van der Waals surface area contributed by atoms with Crippen molar-refractivity contribution in [1.82, 2.24) is 9.97 Å². The Morgan fingerprint density at radius 1 is 1.47 bits per heavy atom. The second-order valence-electron chi connectivity index (χ2n) is 3.77. The Balaban J connectivity index is 2.13. The van der Waals surface area contributed by atoms with Crippen molar-refractivity contribution >= 4 is 11.0 Å². The normalized spacial score (nSPS) is 12.5. The van der Waals surface area contributed by atoms with Crippen molar-refractivity contribution < 1.29 is 0 Å². The number of aryl methyl sites for hydroxylation is 1. The first-order chi connectivity index (χ1) is 7.29. The van der Waals surface area contributed by atoms with Crippen molar-refractivity contribution in [1.29, 1.82) is 5.26 Å². The van der Waals surface area contributed by atoms with Gasteiger partial charge in [0, 0.05) is 12.3 Å². The number of nitriles is 1. The summed E-state index contributed by atoms with van der Waals surface area (Å²) in [7, 11) is 0. The summed E-state index contributed by atoms with van der Waals surface area (Å²) in [4.78, 5) is 7.71. The van der Waals surface area contributed by atoms with Gasteiger partial charge in [0.2, 0.25) is 0 Å². The molecule has 1 atom stereocenters. The van der Waals surface area contributed by atoms with Gasteiger partial charge in [-0.1, -0.05) is 12.1 Å². The molecule has 0 saturated heterocycles. The molecule has 1 heterocycles. The van der Waals surface area contributed by atoms with Gasteiger partial charge in [0.1, 0.15) is 5.82 Å². The van der Waals surface area contributed by atoms with E-state index < -0.39 is 0 Å². The van der Waals surface area contributed by atoms with Gasteiger partial charge in [0.05, 0.1) is 17.1 Å². The van der Waals surface area contributed by atoms with E-state index >= 15 is 0 Å². The van der Waals surface area contributed by atoms with Gasteiger partial charge in [-0.2, -0.15) is 5.26 Å². The molecule has 0 saturated carbocycles. The van der Waals surface area contributed by atoms with Crippen molar-refractivity contribution in [2.75, 3.05) is 0 Å². The predicted octanol–water partition coefficient (Wildman–Crippen LogP) is 2.66. The van der Waals surface area contributed by atoms with Gasteiger partial charge in [0.15, 0.2) is 0 Å². The fraction of sp³-hybridized carbons (Fsp3) is 0.333. The highest BCUT2D eigenvalue weighted by Gasteiger charge is 2.04. The third kappa shape index (κ3) is 2.16. The number of rotatable bonds is 3. The molecule has 0 spiro atoms. The summed E-state index contributed by atoms with van der Waals surface area (Å²) in [5.41, 5.74) is 2.06. The highest BCUT2D eigenvalue weighted by atomic mass is 14.9. The van der Waals surface area contributed by atoms with Crippen molar-refractivity contribution in [3.05, 3.63) is 30.1 Å². The van der Waals surface area contributed by atoms with Crippen LogP contribution in [0.5, 0.6) is 0 Å². The third-order valence-corrected chi connectivity index (χ3v) is 2.47. The summed E-state index contributed by atoms with van der Waals surface area (Å²) in [6.45, 7) is 1.93. The molecular weight excluding hydrogens is 186 g/mol. The Hall–Kier alpha value is -1.82. The molecule has 76 valence electrons. The summed E-state index contributed by atoms with van der Waals surface area (Å²) in [5.74, 6) is 1.07. The van der Waals surface area contributed by atoms with Gasteiger partial charge < -0.3 is 4.98 Å². The van der Waals surface area contributed by atoms with Crippen molar-refractivity contribution in [3.8, 4) is 6.07 Å². The molecule has 15 heavy (non-hydrogen) atoms. The fourth-order valence-corrected chi connectivity index (χ4v) is 1.54. The number of imidazole rings is 1. The van der Waals surface area contributed by atoms with Crippen LogP contribution in [0, 0.1) is 17.2 Å². The van der Waals surface area contributed by atoms with Crippen LogP contribution in [-0.2, 0) is 6.42 Å². The quantitative estimate of drug-likeness (QED) is 0.826. The summed E-state index contributed by atoms with van der Waals surface area (Å²) >= 11 is 0. The Kier molecular flexibility index (Phi) is 2.68. The lowest BCUT2D eigenvalue weighted by molar-refractivity contribution is 0.646. The van der Waals surface area contributed by atoms with Crippen LogP contribution in [0.25, 0.3) is 11.0 Å². The van der Waals surface area contributed by atoms with Crippen molar-refractivity contribution in [3.63, 3.8) is 0 Å². The van der Waals surface area contributed by atoms with Gasteiger partial charge in [-0.15, -0.1) is 0 Å². The molecular formula is C12H13N3. The number of fused-ring (bicyclic) bond motifs is 1. The van der Waals surface area contributed by atoms with Gasteiger partial charge in [-0.25, -0.2) is 4.98 Å². The highest BCUT2D eigenvalue weighted by Crippen LogP contribution is 2.12. The van der Waals surface area contributed by atoms with Crippen molar-refractivity contribution in [2.45, 2.75) is 19.8 Å². The number of H-pyrrole nitrogens is 1. The van der Waals surface area contributed by atoms with Crippen LogP contribution in [0.15, 0.2) is 24.3 Å². The largest absolute Gasteiger partial charge is 0.342 e. The number of aromatic nitrogens is 2. The van der Waals surface area contributed by atoms with E-state index in [-0.39, 0.29) is 5.92 Å². The summed E-state index contributed by atoms with van der Waals surface area (Å²) in [6.07, 6.45) is 1.69. The predicted molar refractivity (Wildman–Crippen MR) is 59.2 cm³/mol. The van der Waals surface area contributed by atoms with Gasteiger partial charge >= 0.3 is 0 Å². The monoisotopic (exact) mass is 199 g/mol. The number of hydrogen-bond acceptors (Lipinski definition) is 2.